The topological polar surface area (TPSA) is 87.7 Å². The normalized spacial score (nSPS) is 12.4. The number of amides is 3. The first-order valence-electron chi connectivity index (χ1n) is 13.7. The Bertz CT molecular complexity index is 1410. The van der Waals surface area contributed by atoms with Gasteiger partial charge in [0.2, 0.25) is 5.91 Å². The highest BCUT2D eigenvalue weighted by molar-refractivity contribution is 6.34. The van der Waals surface area contributed by atoms with E-state index >= 15 is 0 Å². The lowest BCUT2D eigenvalue weighted by molar-refractivity contribution is -0.140. The van der Waals surface area contributed by atoms with E-state index in [1.807, 2.05) is 49.4 Å². The molecule has 0 radical (unpaired) electrons. The van der Waals surface area contributed by atoms with Crippen molar-refractivity contribution in [2.75, 3.05) is 11.9 Å². The summed E-state index contributed by atoms with van der Waals surface area (Å²) in [5.41, 5.74) is 2.61. The van der Waals surface area contributed by atoms with Gasteiger partial charge in [-0.25, -0.2) is 4.79 Å². The van der Waals surface area contributed by atoms with E-state index in [0.717, 1.165) is 16.7 Å². The fourth-order valence-electron chi connectivity index (χ4n) is 4.47. The largest absolute Gasteiger partial charge is 0.444 e. The van der Waals surface area contributed by atoms with Gasteiger partial charge in [-0.15, -0.1) is 6.58 Å². The number of rotatable bonds is 11. The van der Waals surface area contributed by atoms with Crippen molar-refractivity contribution in [3.8, 4) is 0 Å². The minimum atomic E-state index is -1.09. The van der Waals surface area contributed by atoms with Gasteiger partial charge in [-0.3, -0.25) is 9.59 Å². The number of ether oxygens (including phenoxy) is 1. The first kappa shape index (κ1) is 32.2. The van der Waals surface area contributed by atoms with E-state index in [4.69, 9.17) is 16.3 Å². The van der Waals surface area contributed by atoms with Crippen LogP contribution in [0.1, 0.15) is 49.1 Å². The number of nitrogens with one attached hydrogen (secondary N) is 2. The van der Waals surface area contributed by atoms with Gasteiger partial charge in [0, 0.05) is 13.0 Å². The summed E-state index contributed by atoms with van der Waals surface area (Å²) in [6.07, 6.45) is 2.65. The summed E-state index contributed by atoms with van der Waals surface area (Å²) in [6.45, 7) is 14.8. The molecule has 0 aliphatic rings. The van der Waals surface area contributed by atoms with Crippen LogP contribution >= 0.6 is 11.6 Å². The number of alkyl carbamates (subject to hydrolysis) is 1. The number of hydrogen-bond donors (Lipinski definition) is 2. The van der Waals surface area contributed by atoms with Gasteiger partial charge in [-0.2, -0.15) is 0 Å². The fraction of sp³-hybridized carbons (Fsp3) is 0.265. The number of anilines is 1. The van der Waals surface area contributed by atoms with Crippen molar-refractivity contribution in [2.45, 2.75) is 51.8 Å². The Balaban J connectivity index is 2.09. The van der Waals surface area contributed by atoms with Crippen molar-refractivity contribution in [1.29, 1.82) is 0 Å². The highest BCUT2D eigenvalue weighted by Crippen LogP contribution is 2.30. The Kier molecular flexibility index (Phi) is 11.1. The number of nitrogens with zero attached hydrogens (tertiary/aromatic N) is 1. The number of carbonyl (C=O) groups is 3. The second kappa shape index (κ2) is 14.5. The molecule has 0 aliphatic carbocycles. The number of hydrogen-bond acceptors (Lipinski definition) is 4. The first-order valence-corrected chi connectivity index (χ1v) is 14.0. The van der Waals surface area contributed by atoms with Gasteiger partial charge in [0.1, 0.15) is 17.7 Å². The van der Waals surface area contributed by atoms with Crippen LogP contribution in [0.15, 0.2) is 92.0 Å². The van der Waals surface area contributed by atoms with Gasteiger partial charge in [-0.1, -0.05) is 91.0 Å². The molecule has 0 spiro atoms. The minimum absolute atomic E-state index is 0.0258. The SMILES string of the molecule is C=CCN(C(=O)C(Cc1ccccc1)NC(=O)OC(C)(C)C)C(C(=O)Nc1c(C)cccc1Cl)c1cccc(C=C)c1. The van der Waals surface area contributed by atoms with E-state index in [9.17, 15) is 14.4 Å². The average Bonchev–Trinajstić information content (AvgIpc) is 2.94. The molecule has 0 saturated heterocycles. The van der Waals surface area contributed by atoms with Gasteiger partial charge in [-0.05, 0) is 62.1 Å². The van der Waals surface area contributed by atoms with Crippen molar-refractivity contribution < 1.29 is 19.1 Å². The minimum Gasteiger partial charge on any atom is -0.444 e. The van der Waals surface area contributed by atoms with E-state index in [1.165, 1.54) is 4.90 Å². The lowest BCUT2D eigenvalue weighted by Gasteiger charge is -2.34. The molecule has 2 unspecified atom stereocenters. The lowest BCUT2D eigenvalue weighted by atomic mass is 9.98. The molecule has 3 aromatic carbocycles. The van der Waals surface area contributed by atoms with Gasteiger partial charge in [0.15, 0.2) is 0 Å². The van der Waals surface area contributed by atoms with Crippen LogP contribution < -0.4 is 10.6 Å². The van der Waals surface area contributed by atoms with E-state index in [-0.39, 0.29) is 13.0 Å². The third-order valence-electron chi connectivity index (χ3n) is 6.37. The molecule has 2 atom stereocenters. The van der Waals surface area contributed by atoms with Crippen LogP contribution in [-0.2, 0) is 20.7 Å². The summed E-state index contributed by atoms with van der Waals surface area (Å²) >= 11 is 6.44. The fourth-order valence-corrected chi connectivity index (χ4v) is 4.74. The van der Waals surface area contributed by atoms with Crippen LogP contribution in [0.25, 0.3) is 6.08 Å². The Morgan fingerprint density at radius 2 is 1.69 bits per heavy atom. The van der Waals surface area contributed by atoms with E-state index < -0.39 is 35.6 Å². The molecule has 0 aromatic heterocycles. The maximum atomic E-state index is 14.4. The molecule has 42 heavy (non-hydrogen) atoms. The number of halogens is 1. The van der Waals surface area contributed by atoms with Gasteiger partial charge in [0.05, 0.1) is 10.7 Å². The summed E-state index contributed by atoms with van der Waals surface area (Å²) in [5, 5.41) is 6.04. The zero-order valence-electron chi connectivity index (χ0n) is 24.5. The van der Waals surface area contributed by atoms with Crippen molar-refractivity contribution in [3.05, 3.63) is 119 Å². The van der Waals surface area contributed by atoms with Crippen molar-refractivity contribution in [3.63, 3.8) is 0 Å². The van der Waals surface area contributed by atoms with Gasteiger partial charge >= 0.3 is 6.09 Å². The standard InChI is InChI=1S/C34H38ClN3O4/c1-7-20-38(32(40)28(22-25-15-10-9-11-16-25)36-33(41)42-34(4,5)6)30(26-18-13-17-24(8-2)21-26)31(39)37-29-23(3)14-12-19-27(29)35/h7-19,21,28,30H,1-2,20,22H2,3-6H3,(H,36,41)(H,37,39). The molecule has 0 heterocycles. The monoisotopic (exact) mass is 587 g/mol. The molecular weight excluding hydrogens is 550 g/mol. The molecule has 3 rings (SSSR count). The summed E-state index contributed by atoms with van der Waals surface area (Å²) < 4.78 is 5.48. The van der Waals surface area contributed by atoms with Crippen LogP contribution in [-0.4, -0.2) is 41.0 Å². The quantitative estimate of drug-likeness (QED) is 0.234. The van der Waals surface area contributed by atoms with Crippen LogP contribution in [0.4, 0.5) is 10.5 Å². The van der Waals surface area contributed by atoms with E-state index in [1.54, 1.807) is 63.3 Å². The van der Waals surface area contributed by atoms with E-state index in [0.29, 0.717) is 16.3 Å². The van der Waals surface area contributed by atoms with Crippen molar-refractivity contribution in [1.82, 2.24) is 10.2 Å². The zero-order chi connectivity index (χ0) is 30.9. The second-order valence-corrected chi connectivity index (χ2v) is 11.3. The maximum Gasteiger partial charge on any atom is 0.408 e. The number of carbonyl (C=O) groups excluding carboxylic acids is 3. The number of benzene rings is 3. The molecule has 0 saturated carbocycles. The van der Waals surface area contributed by atoms with Gasteiger partial charge in [0.25, 0.3) is 5.91 Å². The van der Waals surface area contributed by atoms with Crippen LogP contribution in [0.5, 0.6) is 0 Å². The molecule has 220 valence electrons. The van der Waals surface area contributed by atoms with Crippen LogP contribution in [0.3, 0.4) is 0 Å². The maximum absolute atomic E-state index is 14.4. The average molecular weight is 588 g/mol. The third-order valence-corrected chi connectivity index (χ3v) is 6.69. The van der Waals surface area contributed by atoms with Crippen molar-refractivity contribution in [2.24, 2.45) is 0 Å². The Morgan fingerprint density at radius 3 is 2.31 bits per heavy atom. The van der Waals surface area contributed by atoms with Gasteiger partial charge < -0.3 is 20.3 Å². The van der Waals surface area contributed by atoms with Crippen LogP contribution in [0, 0.1) is 6.92 Å². The molecule has 0 bridgehead atoms. The summed E-state index contributed by atoms with van der Waals surface area (Å²) in [4.78, 5) is 42.8. The second-order valence-electron chi connectivity index (χ2n) is 10.9. The highest BCUT2D eigenvalue weighted by atomic mass is 35.5. The summed E-state index contributed by atoms with van der Waals surface area (Å²) in [7, 11) is 0. The molecule has 8 heteroatoms. The van der Waals surface area contributed by atoms with Crippen molar-refractivity contribution >= 4 is 41.3 Å². The molecule has 7 nitrogen and oxygen atoms in total. The molecular formula is C34H38ClN3O4. The smallest absolute Gasteiger partial charge is 0.408 e. The summed E-state index contributed by atoms with van der Waals surface area (Å²) in [6, 6.07) is 19.7. The molecule has 3 amide bonds. The molecule has 3 aromatic rings. The first-order chi connectivity index (χ1) is 19.9. The van der Waals surface area contributed by atoms with E-state index in [2.05, 4.69) is 23.8 Å². The highest BCUT2D eigenvalue weighted by Gasteiger charge is 2.36. The Hall–Kier alpha value is -4.36. The predicted octanol–water partition coefficient (Wildman–Crippen LogP) is 7.12. The predicted molar refractivity (Wildman–Crippen MR) is 169 cm³/mol. The third kappa shape index (κ3) is 8.82. The molecule has 2 N–H and O–H groups in total. The van der Waals surface area contributed by atoms with Crippen LogP contribution in [0.2, 0.25) is 5.02 Å². The molecule has 0 fully saturated rings. The summed E-state index contributed by atoms with van der Waals surface area (Å²) in [5.74, 6) is -0.956. The number of para-hydroxylation sites is 1. The Labute approximate surface area is 253 Å². The Morgan fingerprint density at radius 1 is 1.00 bits per heavy atom. The number of aryl methyl sites for hydroxylation is 1. The molecule has 0 aliphatic heterocycles. The lowest BCUT2D eigenvalue weighted by Crippen LogP contribution is -2.53. The zero-order valence-corrected chi connectivity index (χ0v) is 25.3.